The fraction of sp³-hybridized carbons (Fsp3) is 0.125. The molecule has 0 aromatic heterocycles. The number of amides is 2. The number of imide groups is 1. The van der Waals surface area contributed by atoms with E-state index >= 15 is 0 Å². The van der Waals surface area contributed by atoms with Crippen LogP contribution in [-0.4, -0.2) is 11.8 Å². The van der Waals surface area contributed by atoms with Crippen molar-refractivity contribution in [3.05, 3.63) is 65.2 Å². The van der Waals surface area contributed by atoms with E-state index in [1.165, 1.54) is 4.90 Å². The second-order valence-electron chi connectivity index (χ2n) is 4.69. The molecular formula is C16H12ClNO2. The molecule has 1 aliphatic heterocycles. The second-order valence-corrected chi connectivity index (χ2v) is 5.09. The number of nitrogens with zero attached hydrogens (tertiary/aromatic N) is 1. The molecule has 20 heavy (non-hydrogen) atoms. The molecule has 3 rings (SSSR count). The molecule has 2 aromatic carbocycles. The zero-order valence-electron chi connectivity index (χ0n) is 10.6. The summed E-state index contributed by atoms with van der Waals surface area (Å²) in [6.07, 6.45) is 0.189. The van der Waals surface area contributed by atoms with Crippen LogP contribution >= 0.6 is 11.6 Å². The van der Waals surface area contributed by atoms with Crippen LogP contribution in [0, 0.1) is 0 Å². The summed E-state index contributed by atoms with van der Waals surface area (Å²) in [6.45, 7) is 0. The van der Waals surface area contributed by atoms with Crippen LogP contribution in [0.3, 0.4) is 0 Å². The third-order valence-corrected chi connectivity index (χ3v) is 3.76. The number of hydrogen-bond donors (Lipinski definition) is 0. The summed E-state index contributed by atoms with van der Waals surface area (Å²) in [6, 6.07) is 16.2. The summed E-state index contributed by atoms with van der Waals surface area (Å²) in [7, 11) is 0. The van der Waals surface area contributed by atoms with Gasteiger partial charge < -0.3 is 0 Å². The topological polar surface area (TPSA) is 37.4 Å². The molecule has 2 amide bonds. The Balaban J connectivity index is 1.98. The van der Waals surface area contributed by atoms with Gasteiger partial charge in [-0.2, -0.15) is 0 Å². The molecule has 1 fully saturated rings. The van der Waals surface area contributed by atoms with Gasteiger partial charge in [0.05, 0.1) is 16.6 Å². The highest BCUT2D eigenvalue weighted by Gasteiger charge is 2.40. The first kappa shape index (κ1) is 12.9. The standard InChI is InChI=1S/C16H12ClNO2/c17-13-8-4-5-9-14(13)18-15(19)10-12(16(18)20)11-6-2-1-3-7-11/h1-9,12H,10H2. The summed E-state index contributed by atoms with van der Waals surface area (Å²) in [4.78, 5) is 25.9. The molecule has 0 aliphatic carbocycles. The van der Waals surface area contributed by atoms with E-state index in [1.807, 2.05) is 30.3 Å². The van der Waals surface area contributed by atoms with Crippen LogP contribution < -0.4 is 4.90 Å². The van der Waals surface area contributed by atoms with Crippen LogP contribution in [0.1, 0.15) is 17.9 Å². The number of hydrogen-bond acceptors (Lipinski definition) is 2. The van der Waals surface area contributed by atoms with Gasteiger partial charge in [0.1, 0.15) is 0 Å². The minimum atomic E-state index is -0.417. The van der Waals surface area contributed by atoms with Crippen molar-refractivity contribution in [2.75, 3.05) is 4.90 Å². The number of rotatable bonds is 2. The molecule has 0 radical (unpaired) electrons. The Morgan fingerprint density at radius 3 is 2.30 bits per heavy atom. The summed E-state index contributed by atoms with van der Waals surface area (Å²) in [5, 5.41) is 0.405. The summed E-state index contributed by atoms with van der Waals surface area (Å²) in [5.74, 6) is -0.841. The summed E-state index contributed by atoms with van der Waals surface area (Å²) < 4.78 is 0. The lowest BCUT2D eigenvalue weighted by Crippen LogP contribution is -2.30. The van der Waals surface area contributed by atoms with E-state index in [2.05, 4.69) is 0 Å². The molecule has 4 heteroatoms. The van der Waals surface area contributed by atoms with Crippen molar-refractivity contribution in [3.63, 3.8) is 0 Å². The SMILES string of the molecule is O=C1CC(c2ccccc2)C(=O)N1c1ccccc1Cl. The van der Waals surface area contributed by atoms with E-state index in [-0.39, 0.29) is 18.2 Å². The predicted molar refractivity (Wildman–Crippen MR) is 77.7 cm³/mol. The lowest BCUT2D eigenvalue weighted by Gasteiger charge is -2.16. The highest BCUT2D eigenvalue weighted by Crippen LogP contribution is 2.35. The lowest BCUT2D eigenvalue weighted by atomic mass is 9.98. The largest absolute Gasteiger partial charge is 0.274 e. The summed E-state index contributed by atoms with van der Waals surface area (Å²) >= 11 is 6.08. The van der Waals surface area contributed by atoms with Gasteiger partial charge in [-0.25, -0.2) is 4.90 Å². The molecule has 2 aromatic rings. The number of halogens is 1. The van der Waals surface area contributed by atoms with E-state index in [0.717, 1.165) is 5.56 Å². The van der Waals surface area contributed by atoms with Crippen molar-refractivity contribution in [2.24, 2.45) is 0 Å². The van der Waals surface area contributed by atoms with Crippen LogP contribution in [0.15, 0.2) is 54.6 Å². The Hall–Kier alpha value is -2.13. The molecule has 0 N–H and O–H groups in total. The first-order chi connectivity index (χ1) is 9.68. The molecule has 0 bridgehead atoms. The van der Waals surface area contributed by atoms with Gasteiger partial charge >= 0.3 is 0 Å². The van der Waals surface area contributed by atoms with Crippen molar-refractivity contribution in [1.29, 1.82) is 0 Å². The molecular weight excluding hydrogens is 274 g/mol. The molecule has 1 unspecified atom stereocenters. The maximum absolute atomic E-state index is 12.5. The van der Waals surface area contributed by atoms with Gasteiger partial charge in [0.2, 0.25) is 11.8 Å². The minimum Gasteiger partial charge on any atom is -0.274 e. The van der Waals surface area contributed by atoms with Crippen molar-refractivity contribution in [2.45, 2.75) is 12.3 Å². The predicted octanol–water partition coefficient (Wildman–Crippen LogP) is 3.39. The number of carbonyl (C=O) groups is 2. The van der Waals surface area contributed by atoms with Gasteiger partial charge in [0, 0.05) is 6.42 Å². The number of para-hydroxylation sites is 1. The van der Waals surface area contributed by atoms with Crippen molar-refractivity contribution >= 4 is 29.1 Å². The van der Waals surface area contributed by atoms with Gasteiger partial charge in [-0.1, -0.05) is 54.1 Å². The van der Waals surface area contributed by atoms with E-state index in [1.54, 1.807) is 24.3 Å². The monoisotopic (exact) mass is 285 g/mol. The molecule has 1 saturated heterocycles. The van der Waals surface area contributed by atoms with Crippen molar-refractivity contribution in [1.82, 2.24) is 0 Å². The van der Waals surface area contributed by atoms with Gasteiger partial charge in [-0.15, -0.1) is 0 Å². The fourth-order valence-electron chi connectivity index (χ4n) is 2.46. The van der Waals surface area contributed by atoms with Crippen LogP contribution in [0.2, 0.25) is 5.02 Å². The maximum atomic E-state index is 12.5. The maximum Gasteiger partial charge on any atom is 0.241 e. The fourth-order valence-corrected chi connectivity index (χ4v) is 2.68. The Morgan fingerprint density at radius 1 is 0.950 bits per heavy atom. The molecule has 1 heterocycles. The van der Waals surface area contributed by atoms with Crippen LogP contribution in [0.25, 0.3) is 0 Å². The van der Waals surface area contributed by atoms with Crippen molar-refractivity contribution in [3.8, 4) is 0 Å². The molecule has 3 nitrogen and oxygen atoms in total. The van der Waals surface area contributed by atoms with Gasteiger partial charge in [-0.05, 0) is 17.7 Å². The average molecular weight is 286 g/mol. The van der Waals surface area contributed by atoms with Crippen LogP contribution in [0.4, 0.5) is 5.69 Å². The molecule has 0 spiro atoms. The molecule has 0 saturated carbocycles. The molecule has 1 aliphatic rings. The Kier molecular flexibility index (Phi) is 3.28. The van der Waals surface area contributed by atoms with Crippen LogP contribution in [-0.2, 0) is 9.59 Å². The second kappa shape index (κ2) is 5.10. The van der Waals surface area contributed by atoms with Gasteiger partial charge in [-0.3, -0.25) is 9.59 Å². The van der Waals surface area contributed by atoms with E-state index in [4.69, 9.17) is 11.6 Å². The zero-order valence-corrected chi connectivity index (χ0v) is 11.4. The smallest absolute Gasteiger partial charge is 0.241 e. The average Bonchev–Trinajstić information content (AvgIpc) is 2.76. The van der Waals surface area contributed by atoms with E-state index in [0.29, 0.717) is 10.7 Å². The quantitative estimate of drug-likeness (QED) is 0.793. The molecule has 1 atom stereocenters. The Bertz CT molecular complexity index is 669. The molecule has 100 valence electrons. The Morgan fingerprint density at radius 2 is 1.60 bits per heavy atom. The van der Waals surface area contributed by atoms with Gasteiger partial charge in [0.15, 0.2) is 0 Å². The normalized spacial score (nSPS) is 18.6. The highest BCUT2D eigenvalue weighted by atomic mass is 35.5. The minimum absolute atomic E-state index is 0.189. The first-order valence-electron chi connectivity index (χ1n) is 6.35. The van der Waals surface area contributed by atoms with Crippen molar-refractivity contribution < 1.29 is 9.59 Å². The van der Waals surface area contributed by atoms with E-state index in [9.17, 15) is 9.59 Å². The number of benzene rings is 2. The van der Waals surface area contributed by atoms with E-state index < -0.39 is 5.92 Å². The lowest BCUT2D eigenvalue weighted by molar-refractivity contribution is -0.121. The number of anilines is 1. The third kappa shape index (κ3) is 2.10. The zero-order chi connectivity index (χ0) is 14.1. The third-order valence-electron chi connectivity index (χ3n) is 3.44. The Labute approximate surface area is 121 Å². The summed E-state index contributed by atoms with van der Waals surface area (Å²) in [5.41, 5.74) is 1.32. The first-order valence-corrected chi connectivity index (χ1v) is 6.72. The van der Waals surface area contributed by atoms with Gasteiger partial charge in [0.25, 0.3) is 0 Å². The van der Waals surface area contributed by atoms with Crippen LogP contribution in [0.5, 0.6) is 0 Å². The number of carbonyl (C=O) groups excluding carboxylic acids is 2. The highest BCUT2D eigenvalue weighted by molar-refractivity contribution is 6.36.